The molecule has 1 aliphatic carbocycles. The number of carbonyl (C=O) groups excluding carboxylic acids is 1. The molecule has 0 spiro atoms. The molecule has 1 aliphatic rings. The Morgan fingerprint density at radius 3 is 2.29 bits per heavy atom. The fraction of sp³-hybridized carbons (Fsp3) is 0.0476. The number of fused-ring (bicyclic) bond motifs is 2. The van der Waals surface area contributed by atoms with Crippen molar-refractivity contribution in [3.05, 3.63) is 83.6 Å². The fourth-order valence-electron chi connectivity index (χ4n) is 3.67. The monoisotopic (exact) mass is 310 g/mol. The van der Waals surface area contributed by atoms with Crippen LogP contribution in [0, 0.1) is 6.92 Å². The van der Waals surface area contributed by atoms with Crippen molar-refractivity contribution in [1.82, 2.24) is 9.78 Å². The van der Waals surface area contributed by atoms with Gasteiger partial charge in [0.1, 0.15) is 0 Å². The molecule has 0 atom stereocenters. The average molecular weight is 310 g/mol. The van der Waals surface area contributed by atoms with Crippen molar-refractivity contribution in [2.24, 2.45) is 0 Å². The number of aryl methyl sites for hydroxylation is 1. The molecule has 3 nitrogen and oxygen atoms in total. The zero-order valence-corrected chi connectivity index (χ0v) is 13.2. The molecule has 0 fully saturated rings. The molecule has 0 N–H and O–H groups in total. The molecule has 0 radical (unpaired) electrons. The summed E-state index contributed by atoms with van der Waals surface area (Å²) in [6.07, 6.45) is 0. The van der Waals surface area contributed by atoms with Crippen molar-refractivity contribution in [2.75, 3.05) is 0 Å². The predicted octanol–water partition coefficient (Wildman–Crippen LogP) is 4.55. The van der Waals surface area contributed by atoms with E-state index in [1.54, 1.807) is 0 Å². The maximum absolute atomic E-state index is 13.1. The maximum Gasteiger partial charge on any atom is 0.197 e. The highest BCUT2D eigenvalue weighted by Crippen LogP contribution is 2.41. The Morgan fingerprint density at radius 1 is 0.833 bits per heavy atom. The van der Waals surface area contributed by atoms with Gasteiger partial charge in [-0.1, -0.05) is 54.6 Å². The van der Waals surface area contributed by atoms with Crippen LogP contribution in [0.4, 0.5) is 0 Å². The van der Waals surface area contributed by atoms with Crippen LogP contribution >= 0.6 is 0 Å². The molecular weight excluding hydrogens is 296 g/mol. The number of aromatic nitrogens is 2. The van der Waals surface area contributed by atoms with Crippen LogP contribution in [0.3, 0.4) is 0 Å². The summed E-state index contributed by atoms with van der Waals surface area (Å²) in [5.74, 6) is 0.0639. The highest BCUT2D eigenvalue weighted by Gasteiger charge is 2.31. The minimum Gasteiger partial charge on any atom is -0.288 e. The van der Waals surface area contributed by atoms with Crippen molar-refractivity contribution in [2.45, 2.75) is 6.92 Å². The third-order valence-electron chi connectivity index (χ3n) is 4.69. The number of hydrogen-bond donors (Lipinski definition) is 0. The summed E-state index contributed by atoms with van der Waals surface area (Å²) in [7, 11) is 0. The third-order valence-corrected chi connectivity index (χ3v) is 4.69. The van der Waals surface area contributed by atoms with Crippen LogP contribution < -0.4 is 0 Å². The van der Waals surface area contributed by atoms with Gasteiger partial charge in [-0.3, -0.25) is 4.79 Å². The largest absolute Gasteiger partial charge is 0.288 e. The van der Waals surface area contributed by atoms with Crippen molar-refractivity contribution in [1.29, 1.82) is 0 Å². The minimum atomic E-state index is 0.0639. The van der Waals surface area contributed by atoms with E-state index in [1.807, 2.05) is 60.1 Å². The zero-order valence-electron chi connectivity index (χ0n) is 13.2. The molecule has 114 valence electrons. The van der Waals surface area contributed by atoms with Crippen LogP contribution in [0.5, 0.6) is 0 Å². The Hall–Kier alpha value is -3.20. The lowest BCUT2D eigenvalue weighted by molar-refractivity contribution is 0.103. The average Bonchev–Trinajstić information content (AvgIpc) is 2.98. The molecule has 24 heavy (non-hydrogen) atoms. The van der Waals surface area contributed by atoms with E-state index in [9.17, 15) is 4.79 Å². The van der Waals surface area contributed by atoms with Crippen LogP contribution in [0.15, 0.2) is 66.7 Å². The van der Waals surface area contributed by atoms with E-state index >= 15 is 0 Å². The first kappa shape index (κ1) is 13.3. The summed E-state index contributed by atoms with van der Waals surface area (Å²) in [6.45, 7) is 1.91. The molecule has 0 saturated carbocycles. The van der Waals surface area contributed by atoms with Crippen LogP contribution in [0.1, 0.15) is 21.6 Å². The van der Waals surface area contributed by atoms with Crippen molar-refractivity contribution >= 4 is 16.6 Å². The van der Waals surface area contributed by atoms with Crippen molar-refractivity contribution < 1.29 is 4.79 Å². The molecule has 0 saturated heterocycles. The minimum absolute atomic E-state index is 0.0639. The van der Waals surface area contributed by atoms with E-state index in [4.69, 9.17) is 0 Å². The number of ketones is 1. The van der Waals surface area contributed by atoms with E-state index in [0.29, 0.717) is 5.56 Å². The first-order chi connectivity index (χ1) is 11.8. The Labute approximate surface area is 139 Å². The Balaban J connectivity index is 1.96. The summed E-state index contributed by atoms with van der Waals surface area (Å²) in [4.78, 5) is 13.1. The Morgan fingerprint density at radius 2 is 1.54 bits per heavy atom. The molecule has 3 heteroatoms. The van der Waals surface area contributed by atoms with E-state index in [-0.39, 0.29) is 5.78 Å². The summed E-state index contributed by atoms with van der Waals surface area (Å²) in [5, 5.41) is 6.79. The zero-order chi connectivity index (χ0) is 16.3. The topological polar surface area (TPSA) is 34.9 Å². The molecule has 4 aromatic rings. The summed E-state index contributed by atoms with van der Waals surface area (Å²) in [5.41, 5.74) is 5.18. The number of rotatable bonds is 1. The van der Waals surface area contributed by atoms with Gasteiger partial charge in [0.05, 0.1) is 22.6 Å². The SMILES string of the molecule is Cc1nn(-c2ccccc2)c2c1C(=O)c1cccc3cccc-2c13. The Bertz CT molecular complexity index is 1120. The predicted molar refractivity (Wildman–Crippen MR) is 94.7 cm³/mol. The molecular formula is C21H14N2O. The lowest BCUT2D eigenvalue weighted by Crippen LogP contribution is -2.11. The maximum atomic E-state index is 13.1. The van der Waals surface area contributed by atoms with E-state index in [2.05, 4.69) is 23.3 Å². The third kappa shape index (κ3) is 1.61. The highest BCUT2D eigenvalue weighted by atomic mass is 16.1. The van der Waals surface area contributed by atoms with Crippen molar-refractivity contribution in [3.8, 4) is 16.9 Å². The molecule has 0 amide bonds. The first-order valence-electron chi connectivity index (χ1n) is 7.97. The quantitative estimate of drug-likeness (QED) is 0.455. The van der Waals surface area contributed by atoms with E-state index in [1.165, 1.54) is 0 Å². The Kier molecular flexibility index (Phi) is 2.57. The lowest BCUT2D eigenvalue weighted by Gasteiger charge is -2.18. The van der Waals surface area contributed by atoms with Crippen LogP contribution in [0.2, 0.25) is 0 Å². The normalized spacial score (nSPS) is 12.5. The van der Waals surface area contributed by atoms with Gasteiger partial charge >= 0.3 is 0 Å². The highest BCUT2D eigenvalue weighted by molar-refractivity contribution is 6.25. The number of nitrogens with zero attached hydrogens (tertiary/aromatic N) is 2. The van der Waals surface area contributed by atoms with Crippen molar-refractivity contribution in [3.63, 3.8) is 0 Å². The number of para-hydroxylation sites is 1. The standard InChI is InChI=1S/C21H14N2O/c1-13-18-20(23(22-13)15-9-3-2-4-10-15)16-11-5-7-14-8-6-12-17(19(14)16)21(18)24/h2-12H,1H3. The van der Waals surface area contributed by atoms with Crippen LogP contribution in [-0.4, -0.2) is 15.6 Å². The second kappa shape index (κ2) is 4.65. The van der Waals surface area contributed by atoms with Gasteiger partial charge in [0.25, 0.3) is 0 Å². The van der Waals surface area contributed by atoms with Gasteiger partial charge in [-0.15, -0.1) is 0 Å². The second-order valence-electron chi connectivity index (χ2n) is 6.09. The van der Waals surface area contributed by atoms with Gasteiger partial charge < -0.3 is 0 Å². The van der Waals surface area contributed by atoms with Crippen LogP contribution in [-0.2, 0) is 0 Å². The summed E-state index contributed by atoms with van der Waals surface area (Å²) < 4.78 is 1.90. The van der Waals surface area contributed by atoms with Gasteiger partial charge in [0.15, 0.2) is 5.78 Å². The summed E-state index contributed by atoms with van der Waals surface area (Å²) in [6, 6.07) is 22.1. The molecule has 1 heterocycles. The molecule has 0 bridgehead atoms. The molecule has 5 rings (SSSR count). The molecule has 1 aromatic heterocycles. The molecule has 0 unspecified atom stereocenters. The van der Waals surface area contributed by atoms with Gasteiger partial charge in [-0.05, 0) is 24.4 Å². The fourth-order valence-corrected chi connectivity index (χ4v) is 3.67. The number of hydrogen-bond acceptors (Lipinski definition) is 2. The lowest BCUT2D eigenvalue weighted by atomic mass is 9.85. The molecule has 0 aliphatic heterocycles. The smallest absolute Gasteiger partial charge is 0.197 e. The summed E-state index contributed by atoms with van der Waals surface area (Å²) >= 11 is 0. The van der Waals surface area contributed by atoms with Crippen LogP contribution in [0.25, 0.3) is 27.7 Å². The van der Waals surface area contributed by atoms with Gasteiger partial charge in [-0.2, -0.15) is 5.10 Å². The number of carbonyl (C=O) groups is 1. The van der Waals surface area contributed by atoms with Gasteiger partial charge in [0, 0.05) is 16.5 Å². The molecule has 3 aromatic carbocycles. The second-order valence-corrected chi connectivity index (χ2v) is 6.09. The van der Waals surface area contributed by atoms with E-state index < -0.39 is 0 Å². The van der Waals surface area contributed by atoms with E-state index in [0.717, 1.165) is 39.0 Å². The first-order valence-corrected chi connectivity index (χ1v) is 7.97. The van der Waals surface area contributed by atoms with Gasteiger partial charge in [-0.25, -0.2) is 4.68 Å². The van der Waals surface area contributed by atoms with Gasteiger partial charge in [0.2, 0.25) is 0 Å². The number of benzene rings is 3.